The van der Waals surface area contributed by atoms with E-state index in [1.807, 2.05) is 19.1 Å². The Kier molecular flexibility index (Phi) is 4.20. The number of aryl methyl sites for hydroxylation is 3. The lowest BCUT2D eigenvalue weighted by molar-refractivity contribution is 0.356. The lowest BCUT2D eigenvalue weighted by atomic mass is 10.1. The van der Waals surface area contributed by atoms with Crippen molar-refractivity contribution in [3.05, 3.63) is 40.6 Å². The summed E-state index contributed by atoms with van der Waals surface area (Å²) in [4.78, 5) is 9.23. The molecule has 0 saturated carbocycles. The first kappa shape index (κ1) is 15.5. The van der Waals surface area contributed by atoms with Crippen molar-refractivity contribution in [2.24, 2.45) is 0 Å². The fourth-order valence-electron chi connectivity index (χ4n) is 2.98. The van der Waals surface area contributed by atoms with Crippen LogP contribution in [0.25, 0.3) is 10.8 Å². The van der Waals surface area contributed by atoms with E-state index in [-0.39, 0.29) is 0 Å². The zero-order chi connectivity index (χ0) is 16.5. The Morgan fingerprint density at radius 2 is 2.29 bits per heavy atom. The van der Waals surface area contributed by atoms with Crippen LogP contribution in [0, 0.1) is 6.92 Å². The van der Waals surface area contributed by atoms with Crippen LogP contribution in [0.1, 0.15) is 36.4 Å². The topological polar surface area (TPSA) is 68.8 Å². The van der Waals surface area contributed by atoms with Gasteiger partial charge in [-0.25, -0.2) is 14.6 Å². The Bertz CT molecular complexity index is 834. The summed E-state index contributed by atoms with van der Waals surface area (Å²) in [5.41, 5.74) is 1.06. The lowest BCUT2D eigenvalue weighted by Gasteiger charge is -2.23. The summed E-state index contributed by atoms with van der Waals surface area (Å²) in [7, 11) is 0. The van der Waals surface area contributed by atoms with Gasteiger partial charge in [-0.15, -0.1) is 11.3 Å². The summed E-state index contributed by atoms with van der Waals surface area (Å²) in [5, 5.41) is 11.2. The van der Waals surface area contributed by atoms with Gasteiger partial charge < -0.3 is 9.73 Å². The molecule has 0 saturated heterocycles. The smallest absolute Gasteiger partial charge is 0.162 e. The average Bonchev–Trinajstić information content (AvgIpc) is 3.30. The summed E-state index contributed by atoms with van der Waals surface area (Å²) in [6.07, 6.45) is 2.97. The van der Waals surface area contributed by atoms with Gasteiger partial charge in [-0.05, 0) is 25.5 Å². The molecular weight excluding hydrogens is 322 g/mol. The Balaban J connectivity index is 1.37. The maximum atomic E-state index is 5.64. The van der Waals surface area contributed by atoms with Gasteiger partial charge in [0, 0.05) is 30.8 Å². The molecule has 1 atom stereocenters. The molecule has 0 aliphatic carbocycles. The first-order valence-electron chi connectivity index (χ1n) is 8.38. The molecule has 0 bridgehead atoms. The van der Waals surface area contributed by atoms with Crippen LogP contribution < -0.4 is 5.32 Å². The van der Waals surface area contributed by atoms with Crippen LogP contribution in [0.15, 0.2) is 21.9 Å². The molecule has 0 fully saturated rings. The van der Waals surface area contributed by atoms with Gasteiger partial charge in [0.1, 0.15) is 11.6 Å². The average molecular weight is 343 g/mol. The second-order valence-corrected chi connectivity index (χ2v) is 7.01. The molecule has 0 amide bonds. The highest BCUT2D eigenvalue weighted by Crippen LogP contribution is 2.25. The Morgan fingerprint density at radius 1 is 1.38 bits per heavy atom. The number of nitrogens with zero attached hydrogens (tertiary/aromatic N) is 4. The molecule has 1 aliphatic rings. The van der Waals surface area contributed by atoms with Gasteiger partial charge >= 0.3 is 0 Å². The Hall–Kier alpha value is -1.99. The molecule has 1 aliphatic heterocycles. The quantitative estimate of drug-likeness (QED) is 0.771. The van der Waals surface area contributed by atoms with Crippen molar-refractivity contribution in [3.8, 4) is 10.8 Å². The largest absolute Gasteiger partial charge is 0.459 e. The van der Waals surface area contributed by atoms with E-state index in [0.717, 1.165) is 66.2 Å². The van der Waals surface area contributed by atoms with Crippen LogP contribution in [-0.4, -0.2) is 25.8 Å². The first-order chi connectivity index (χ1) is 11.7. The zero-order valence-corrected chi connectivity index (χ0v) is 14.8. The van der Waals surface area contributed by atoms with Crippen molar-refractivity contribution in [3.63, 3.8) is 0 Å². The maximum absolute atomic E-state index is 5.64. The number of rotatable bonds is 5. The molecule has 6 nitrogen and oxygen atoms in total. The molecule has 0 radical (unpaired) electrons. The van der Waals surface area contributed by atoms with Gasteiger partial charge in [0.25, 0.3) is 0 Å². The zero-order valence-electron chi connectivity index (χ0n) is 14.0. The van der Waals surface area contributed by atoms with Gasteiger partial charge in [-0.3, -0.25) is 0 Å². The molecule has 3 aromatic heterocycles. The van der Waals surface area contributed by atoms with E-state index in [9.17, 15) is 0 Å². The summed E-state index contributed by atoms with van der Waals surface area (Å²) < 4.78 is 7.69. The maximum Gasteiger partial charge on any atom is 0.162 e. The van der Waals surface area contributed by atoms with Crippen LogP contribution in [0.5, 0.6) is 0 Å². The minimum atomic E-state index is 0.417. The summed E-state index contributed by atoms with van der Waals surface area (Å²) >= 11 is 1.63. The highest BCUT2D eigenvalue weighted by atomic mass is 32.1. The predicted molar refractivity (Wildman–Crippen MR) is 92.9 cm³/mol. The molecular formula is C17H21N5OS. The third-order valence-electron chi connectivity index (χ3n) is 4.29. The third-order valence-corrected chi connectivity index (χ3v) is 5.20. The second-order valence-electron chi connectivity index (χ2n) is 6.15. The minimum Gasteiger partial charge on any atom is -0.459 e. The summed E-state index contributed by atoms with van der Waals surface area (Å²) in [5.74, 6) is 3.83. The number of fused-ring (bicyclic) bond motifs is 1. The van der Waals surface area contributed by atoms with Crippen molar-refractivity contribution in [2.75, 3.05) is 0 Å². The van der Waals surface area contributed by atoms with Gasteiger partial charge in [-0.1, -0.05) is 6.92 Å². The number of thiazole rings is 1. The highest BCUT2D eigenvalue weighted by molar-refractivity contribution is 7.13. The van der Waals surface area contributed by atoms with Gasteiger partial charge in [0.2, 0.25) is 0 Å². The Labute approximate surface area is 144 Å². The van der Waals surface area contributed by atoms with Crippen LogP contribution >= 0.6 is 11.3 Å². The summed E-state index contributed by atoms with van der Waals surface area (Å²) in [6.45, 7) is 5.70. The van der Waals surface area contributed by atoms with Crippen LogP contribution in [-0.2, 0) is 25.9 Å². The molecule has 4 rings (SSSR count). The van der Waals surface area contributed by atoms with E-state index in [0.29, 0.717) is 6.04 Å². The van der Waals surface area contributed by atoms with Crippen LogP contribution in [0.2, 0.25) is 0 Å². The molecule has 0 aromatic carbocycles. The number of nitrogens with one attached hydrogen (secondary N) is 1. The molecule has 0 unspecified atom stereocenters. The van der Waals surface area contributed by atoms with Gasteiger partial charge in [0.05, 0.1) is 12.2 Å². The van der Waals surface area contributed by atoms with Crippen molar-refractivity contribution < 1.29 is 4.42 Å². The third kappa shape index (κ3) is 3.14. The molecule has 126 valence electrons. The lowest BCUT2D eigenvalue weighted by Crippen LogP contribution is -2.37. The SMILES string of the molecule is CCc1nc2n(n1)C[C@H](NCc1csc(-c3ccc(C)o3)n1)CC2. The normalized spacial score (nSPS) is 17.2. The molecule has 24 heavy (non-hydrogen) atoms. The van der Waals surface area contributed by atoms with Gasteiger partial charge in [0.15, 0.2) is 16.6 Å². The predicted octanol–water partition coefficient (Wildman–Crippen LogP) is 2.97. The van der Waals surface area contributed by atoms with E-state index in [1.165, 1.54) is 0 Å². The van der Waals surface area contributed by atoms with E-state index < -0.39 is 0 Å². The molecule has 1 N–H and O–H groups in total. The second kappa shape index (κ2) is 6.49. The van der Waals surface area contributed by atoms with Crippen LogP contribution in [0.4, 0.5) is 0 Å². The first-order valence-corrected chi connectivity index (χ1v) is 9.26. The van der Waals surface area contributed by atoms with Crippen LogP contribution in [0.3, 0.4) is 0 Å². The Morgan fingerprint density at radius 3 is 3.08 bits per heavy atom. The standard InChI is InChI=1S/C17H21N5OS/c1-3-15-20-16-7-5-12(9-22(16)21-15)18-8-13-10-24-17(19-13)14-6-4-11(2)23-14/h4,6,10,12,18H,3,5,7-9H2,1-2H3/t12-/m1/s1. The molecule has 4 heterocycles. The molecule has 3 aromatic rings. The van der Waals surface area contributed by atoms with E-state index in [2.05, 4.69) is 37.4 Å². The molecule has 0 spiro atoms. The van der Waals surface area contributed by atoms with Gasteiger partial charge in [-0.2, -0.15) is 5.10 Å². The fourth-order valence-corrected chi connectivity index (χ4v) is 3.76. The minimum absolute atomic E-state index is 0.417. The number of aromatic nitrogens is 4. The number of furan rings is 1. The fraction of sp³-hybridized carbons (Fsp3) is 0.471. The van der Waals surface area contributed by atoms with E-state index in [4.69, 9.17) is 4.42 Å². The van der Waals surface area contributed by atoms with Crippen molar-refractivity contribution in [2.45, 2.75) is 52.2 Å². The number of hydrogen-bond acceptors (Lipinski definition) is 6. The summed E-state index contributed by atoms with van der Waals surface area (Å²) in [6, 6.07) is 4.36. The van der Waals surface area contributed by atoms with E-state index >= 15 is 0 Å². The highest BCUT2D eigenvalue weighted by Gasteiger charge is 2.21. The monoisotopic (exact) mass is 343 g/mol. The van der Waals surface area contributed by atoms with E-state index in [1.54, 1.807) is 11.3 Å². The molecule has 7 heteroatoms. The number of hydrogen-bond donors (Lipinski definition) is 1. The van der Waals surface area contributed by atoms with Crippen molar-refractivity contribution in [1.82, 2.24) is 25.1 Å². The van der Waals surface area contributed by atoms with Crippen molar-refractivity contribution >= 4 is 11.3 Å². The van der Waals surface area contributed by atoms with Crippen molar-refractivity contribution in [1.29, 1.82) is 0 Å².